The van der Waals surface area contributed by atoms with Crippen molar-refractivity contribution >= 4 is 17.1 Å². The monoisotopic (exact) mass is 295 g/mol. The maximum atomic E-state index is 12.2. The van der Waals surface area contributed by atoms with Crippen molar-refractivity contribution in [2.45, 2.75) is 13.0 Å². The van der Waals surface area contributed by atoms with Crippen LogP contribution in [0, 0.1) is 11.3 Å². The molecule has 110 valence electrons. The molecule has 2 aromatic heterocycles. The summed E-state index contributed by atoms with van der Waals surface area (Å²) in [6.45, 7) is 1.69. The Balaban J connectivity index is 1.81. The number of hydrogen-bond acceptors (Lipinski definition) is 5. The van der Waals surface area contributed by atoms with Crippen LogP contribution in [0.15, 0.2) is 40.9 Å². The average molecular weight is 295 g/mol. The summed E-state index contributed by atoms with van der Waals surface area (Å²) in [5, 5.41) is 8.86. The van der Waals surface area contributed by atoms with E-state index in [1.807, 2.05) is 24.3 Å². The zero-order valence-electron chi connectivity index (χ0n) is 12.1. The Morgan fingerprint density at radius 1 is 1.45 bits per heavy atom. The highest BCUT2D eigenvalue weighted by Gasteiger charge is 2.21. The summed E-state index contributed by atoms with van der Waals surface area (Å²) in [4.78, 5) is 16.5. The maximum absolute atomic E-state index is 12.2. The molecule has 0 spiro atoms. The molecule has 1 unspecified atom stereocenters. The lowest BCUT2D eigenvalue weighted by Crippen LogP contribution is -2.12. The van der Waals surface area contributed by atoms with Crippen molar-refractivity contribution in [2.75, 3.05) is 0 Å². The number of carbonyl (C=O) groups is 1. The van der Waals surface area contributed by atoms with Gasteiger partial charge in [-0.25, -0.2) is 9.78 Å². The molecule has 6 heteroatoms. The topological polar surface area (TPSA) is 81.0 Å². The van der Waals surface area contributed by atoms with Gasteiger partial charge in [0.25, 0.3) is 0 Å². The second kappa shape index (κ2) is 5.37. The number of carbonyl (C=O) groups excluding carboxylic acids is 1. The smallest absolute Gasteiger partial charge is 0.355 e. The average Bonchev–Trinajstić information content (AvgIpc) is 3.10. The highest BCUT2D eigenvalue weighted by atomic mass is 16.6. The summed E-state index contributed by atoms with van der Waals surface area (Å²) in [5.41, 5.74) is 2.07. The van der Waals surface area contributed by atoms with Crippen LogP contribution in [-0.4, -0.2) is 15.5 Å². The molecule has 0 aliphatic heterocycles. The van der Waals surface area contributed by atoms with E-state index in [0.717, 1.165) is 0 Å². The fourth-order valence-electron chi connectivity index (χ4n) is 2.16. The summed E-state index contributed by atoms with van der Waals surface area (Å²) < 4.78 is 12.5. The van der Waals surface area contributed by atoms with Gasteiger partial charge in [0, 0.05) is 13.2 Å². The largest absolute Gasteiger partial charge is 0.448 e. The van der Waals surface area contributed by atoms with Crippen molar-refractivity contribution in [3.63, 3.8) is 0 Å². The number of hydrogen-bond donors (Lipinski definition) is 0. The molecule has 3 aromatic rings. The van der Waals surface area contributed by atoms with Gasteiger partial charge < -0.3 is 13.7 Å². The minimum atomic E-state index is -0.625. The van der Waals surface area contributed by atoms with E-state index in [1.165, 1.54) is 6.07 Å². The second-order valence-electron chi connectivity index (χ2n) is 4.90. The van der Waals surface area contributed by atoms with Crippen LogP contribution < -0.4 is 0 Å². The minimum Gasteiger partial charge on any atom is -0.448 e. The fourth-order valence-corrected chi connectivity index (χ4v) is 2.16. The number of nitrogens with zero attached hydrogens (tertiary/aromatic N) is 3. The number of aromatic nitrogens is 2. The molecule has 2 heterocycles. The van der Waals surface area contributed by atoms with E-state index >= 15 is 0 Å². The van der Waals surface area contributed by atoms with Crippen molar-refractivity contribution < 1.29 is 13.9 Å². The van der Waals surface area contributed by atoms with Crippen molar-refractivity contribution in [1.29, 1.82) is 5.26 Å². The van der Waals surface area contributed by atoms with Gasteiger partial charge in [0.2, 0.25) is 5.89 Å². The van der Waals surface area contributed by atoms with Crippen LogP contribution in [0.3, 0.4) is 0 Å². The third kappa shape index (κ3) is 2.44. The predicted molar refractivity (Wildman–Crippen MR) is 78.0 cm³/mol. The predicted octanol–water partition coefficient (Wildman–Crippen LogP) is 2.96. The van der Waals surface area contributed by atoms with Crippen molar-refractivity contribution in [2.24, 2.45) is 7.05 Å². The summed E-state index contributed by atoms with van der Waals surface area (Å²) in [7, 11) is 1.68. The molecule has 0 fully saturated rings. The van der Waals surface area contributed by atoms with Crippen LogP contribution >= 0.6 is 0 Å². The number of benzene rings is 1. The summed E-state index contributed by atoms with van der Waals surface area (Å²) >= 11 is 0. The molecule has 1 aromatic carbocycles. The quantitative estimate of drug-likeness (QED) is 0.694. The molecule has 0 saturated carbocycles. The first kappa shape index (κ1) is 13.9. The van der Waals surface area contributed by atoms with Crippen molar-refractivity contribution in [3.05, 3.63) is 53.7 Å². The third-order valence-corrected chi connectivity index (χ3v) is 3.29. The van der Waals surface area contributed by atoms with Gasteiger partial charge in [-0.05, 0) is 25.1 Å². The summed E-state index contributed by atoms with van der Waals surface area (Å²) in [6.07, 6.45) is 0.945. The molecule has 1 atom stereocenters. The van der Waals surface area contributed by atoms with E-state index in [9.17, 15) is 4.79 Å². The van der Waals surface area contributed by atoms with E-state index in [1.54, 1.807) is 30.8 Å². The zero-order valence-corrected chi connectivity index (χ0v) is 12.1. The molecule has 0 N–H and O–H groups in total. The number of fused-ring (bicyclic) bond motifs is 1. The van der Waals surface area contributed by atoms with Crippen molar-refractivity contribution in [3.8, 4) is 6.07 Å². The molecule has 0 amide bonds. The molecular weight excluding hydrogens is 282 g/mol. The Morgan fingerprint density at radius 3 is 2.91 bits per heavy atom. The standard InChI is InChI=1S/C16H13N3O3/c1-10(15-18-12-5-3-4-6-14(12)22-15)21-16(20)13-7-11(8-17)9-19(13)2/h3-7,9-10H,1-2H3. The number of aryl methyl sites for hydroxylation is 1. The normalized spacial score (nSPS) is 12.0. The molecule has 3 rings (SSSR count). The molecule has 0 aliphatic carbocycles. The fraction of sp³-hybridized carbons (Fsp3) is 0.188. The summed E-state index contributed by atoms with van der Waals surface area (Å²) in [6, 6.07) is 10.8. The third-order valence-electron chi connectivity index (χ3n) is 3.29. The number of esters is 1. The lowest BCUT2D eigenvalue weighted by molar-refractivity contribution is 0.0271. The van der Waals surface area contributed by atoms with E-state index in [-0.39, 0.29) is 0 Å². The number of nitriles is 1. The SMILES string of the molecule is CC(OC(=O)c1cc(C#N)cn1C)c1nc2ccccc2o1. The summed E-state index contributed by atoms with van der Waals surface area (Å²) in [5.74, 6) is -0.192. The first-order chi connectivity index (χ1) is 10.6. The number of rotatable bonds is 3. The van der Waals surface area contributed by atoms with E-state index in [2.05, 4.69) is 4.98 Å². The van der Waals surface area contributed by atoms with Gasteiger partial charge in [-0.2, -0.15) is 5.26 Å². The van der Waals surface area contributed by atoms with Crippen LogP contribution in [0.1, 0.15) is 35.0 Å². The van der Waals surface area contributed by atoms with Gasteiger partial charge in [-0.15, -0.1) is 0 Å². The lowest BCUT2D eigenvalue weighted by Gasteiger charge is -2.09. The van der Waals surface area contributed by atoms with Crippen LogP contribution in [0.25, 0.3) is 11.1 Å². The van der Waals surface area contributed by atoms with Crippen LogP contribution in [0.2, 0.25) is 0 Å². The number of oxazole rings is 1. The van der Waals surface area contributed by atoms with Gasteiger partial charge in [0.15, 0.2) is 11.7 Å². The highest BCUT2D eigenvalue weighted by Crippen LogP contribution is 2.23. The molecule has 0 bridgehead atoms. The van der Waals surface area contributed by atoms with Crippen LogP contribution in [0.5, 0.6) is 0 Å². The lowest BCUT2D eigenvalue weighted by atomic mass is 10.3. The van der Waals surface area contributed by atoms with E-state index < -0.39 is 12.1 Å². The molecule has 0 saturated heterocycles. The van der Waals surface area contributed by atoms with Crippen LogP contribution in [-0.2, 0) is 11.8 Å². The Hall–Kier alpha value is -3.07. The minimum absolute atomic E-state index is 0.305. The first-order valence-corrected chi connectivity index (χ1v) is 6.71. The highest BCUT2D eigenvalue weighted by molar-refractivity contribution is 5.88. The molecular formula is C16H13N3O3. The Labute approximate surface area is 126 Å². The van der Waals surface area contributed by atoms with E-state index in [0.29, 0.717) is 28.2 Å². The Bertz CT molecular complexity index is 853. The zero-order chi connectivity index (χ0) is 15.7. The van der Waals surface area contributed by atoms with Crippen molar-refractivity contribution in [1.82, 2.24) is 9.55 Å². The van der Waals surface area contributed by atoms with Crippen LogP contribution in [0.4, 0.5) is 0 Å². The Kier molecular flexibility index (Phi) is 3.39. The van der Waals surface area contributed by atoms with Gasteiger partial charge in [0.05, 0.1) is 5.56 Å². The van der Waals surface area contributed by atoms with Gasteiger partial charge in [-0.1, -0.05) is 12.1 Å². The molecule has 22 heavy (non-hydrogen) atoms. The number of ether oxygens (including phenoxy) is 1. The molecule has 0 radical (unpaired) electrons. The first-order valence-electron chi connectivity index (χ1n) is 6.71. The number of para-hydroxylation sites is 2. The van der Waals surface area contributed by atoms with Gasteiger partial charge in [-0.3, -0.25) is 0 Å². The molecule has 0 aliphatic rings. The maximum Gasteiger partial charge on any atom is 0.355 e. The van der Waals surface area contributed by atoms with Gasteiger partial charge >= 0.3 is 5.97 Å². The Morgan fingerprint density at radius 2 is 2.23 bits per heavy atom. The van der Waals surface area contributed by atoms with E-state index in [4.69, 9.17) is 14.4 Å². The van der Waals surface area contributed by atoms with Gasteiger partial charge in [0.1, 0.15) is 17.3 Å². The molecule has 6 nitrogen and oxygen atoms in total. The second-order valence-corrected chi connectivity index (χ2v) is 4.90.